The van der Waals surface area contributed by atoms with Gasteiger partial charge in [0.2, 0.25) is 11.8 Å². The van der Waals surface area contributed by atoms with Gasteiger partial charge < -0.3 is 15.5 Å². The van der Waals surface area contributed by atoms with Crippen molar-refractivity contribution in [1.82, 2.24) is 10.3 Å². The van der Waals surface area contributed by atoms with E-state index >= 15 is 0 Å². The molecule has 0 fully saturated rings. The first kappa shape index (κ1) is 20.5. The van der Waals surface area contributed by atoms with Crippen LogP contribution in [0.2, 0.25) is 5.02 Å². The number of carbonyl (C=O) groups is 1. The molecule has 7 heteroatoms. The van der Waals surface area contributed by atoms with E-state index in [1.54, 1.807) is 12.1 Å². The summed E-state index contributed by atoms with van der Waals surface area (Å²) in [4.78, 5) is 16.4. The van der Waals surface area contributed by atoms with Gasteiger partial charge in [0.05, 0.1) is 12.1 Å². The van der Waals surface area contributed by atoms with Crippen LogP contribution in [-0.2, 0) is 11.2 Å². The first-order chi connectivity index (χ1) is 11.1. The zero-order valence-corrected chi connectivity index (χ0v) is 15.2. The van der Waals surface area contributed by atoms with Crippen molar-refractivity contribution in [3.05, 3.63) is 41.2 Å². The average molecular weight is 372 g/mol. The van der Waals surface area contributed by atoms with E-state index in [0.717, 1.165) is 24.8 Å². The van der Waals surface area contributed by atoms with Crippen molar-refractivity contribution >= 4 is 29.9 Å². The summed E-state index contributed by atoms with van der Waals surface area (Å²) in [6, 6.07) is 7.21. The van der Waals surface area contributed by atoms with Gasteiger partial charge in [0.15, 0.2) is 0 Å². The topological polar surface area (TPSA) is 81.1 Å². The Balaban J connectivity index is 0.00000288. The summed E-state index contributed by atoms with van der Waals surface area (Å²) in [6.07, 6.45) is 4.72. The highest BCUT2D eigenvalue weighted by Gasteiger charge is 2.14. The van der Waals surface area contributed by atoms with Crippen LogP contribution in [0.4, 0.5) is 0 Å². The lowest BCUT2D eigenvalue weighted by atomic mass is 10.1. The van der Waals surface area contributed by atoms with Crippen molar-refractivity contribution < 1.29 is 9.21 Å². The number of aromatic nitrogens is 1. The molecule has 2 rings (SSSR count). The molecule has 0 spiro atoms. The van der Waals surface area contributed by atoms with Crippen molar-refractivity contribution in [3.8, 4) is 11.5 Å². The molecule has 1 heterocycles. The third-order valence-corrected chi connectivity index (χ3v) is 3.79. The maximum Gasteiger partial charge on any atom is 0.226 e. The fourth-order valence-corrected chi connectivity index (χ4v) is 2.38. The zero-order valence-electron chi connectivity index (χ0n) is 13.6. The molecule has 0 aliphatic rings. The van der Waals surface area contributed by atoms with Gasteiger partial charge in [0, 0.05) is 23.2 Å². The van der Waals surface area contributed by atoms with Gasteiger partial charge in [-0.2, -0.15) is 0 Å². The highest BCUT2D eigenvalue weighted by Crippen LogP contribution is 2.21. The summed E-state index contributed by atoms with van der Waals surface area (Å²) in [5.41, 5.74) is 7.11. The number of rotatable bonds is 8. The van der Waals surface area contributed by atoms with Gasteiger partial charge in [-0.15, -0.1) is 12.4 Å². The van der Waals surface area contributed by atoms with Gasteiger partial charge in [-0.3, -0.25) is 4.79 Å². The molecule has 0 aliphatic heterocycles. The van der Waals surface area contributed by atoms with Crippen molar-refractivity contribution in [2.24, 2.45) is 5.73 Å². The van der Waals surface area contributed by atoms with Crippen LogP contribution < -0.4 is 11.1 Å². The molecule has 0 bridgehead atoms. The van der Waals surface area contributed by atoms with Crippen LogP contribution in [-0.4, -0.2) is 23.5 Å². The Morgan fingerprint density at radius 3 is 2.71 bits per heavy atom. The molecule has 1 aromatic carbocycles. The van der Waals surface area contributed by atoms with E-state index in [9.17, 15) is 4.79 Å². The summed E-state index contributed by atoms with van der Waals surface area (Å²) < 4.78 is 5.43. The van der Waals surface area contributed by atoms with Crippen LogP contribution in [0.3, 0.4) is 0 Å². The second-order valence-electron chi connectivity index (χ2n) is 5.47. The summed E-state index contributed by atoms with van der Waals surface area (Å²) in [7, 11) is 0. The van der Waals surface area contributed by atoms with Gasteiger partial charge in [-0.25, -0.2) is 4.98 Å². The molecule has 1 amide bonds. The fourth-order valence-electron chi connectivity index (χ4n) is 2.26. The summed E-state index contributed by atoms with van der Waals surface area (Å²) in [6.45, 7) is 2.56. The van der Waals surface area contributed by atoms with E-state index in [1.807, 2.05) is 12.1 Å². The number of nitrogens with zero attached hydrogens (tertiary/aromatic N) is 1. The predicted molar refractivity (Wildman–Crippen MR) is 98.4 cm³/mol. The Bertz CT molecular complexity index is 629. The first-order valence-electron chi connectivity index (χ1n) is 7.82. The maximum absolute atomic E-state index is 12.1. The lowest BCUT2D eigenvalue weighted by molar-refractivity contribution is -0.121. The maximum atomic E-state index is 12.1. The Hall–Kier alpha value is -1.56. The van der Waals surface area contributed by atoms with E-state index in [4.69, 9.17) is 21.8 Å². The average Bonchev–Trinajstić information content (AvgIpc) is 3.00. The molecule has 1 atom stereocenters. The zero-order chi connectivity index (χ0) is 16.7. The molecule has 0 saturated carbocycles. The number of carbonyl (C=O) groups excluding carboxylic acids is 1. The Kier molecular flexibility index (Phi) is 8.82. The number of unbranched alkanes of at least 4 members (excludes halogenated alkanes) is 1. The van der Waals surface area contributed by atoms with Gasteiger partial charge in [-0.1, -0.05) is 31.4 Å². The van der Waals surface area contributed by atoms with Crippen LogP contribution in [0.1, 0.15) is 31.9 Å². The lowest BCUT2D eigenvalue weighted by Gasteiger charge is -2.15. The molecule has 5 nitrogen and oxygen atoms in total. The van der Waals surface area contributed by atoms with Crippen molar-refractivity contribution in [2.75, 3.05) is 6.54 Å². The van der Waals surface area contributed by atoms with Crippen molar-refractivity contribution in [1.29, 1.82) is 0 Å². The Morgan fingerprint density at radius 2 is 2.08 bits per heavy atom. The van der Waals surface area contributed by atoms with Gasteiger partial charge in [0.1, 0.15) is 6.26 Å². The van der Waals surface area contributed by atoms with Crippen LogP contribution >= 0.6 is 24.0 Å². The molecule has 1 unspecified atom stereocenters. The number of halogens is 2. The number of oxazole rings is 1. The lowest BCUT2D eigenvalue weighted by Crippen LogP contribution is -2.40. The molecular weight excluding hydrogens is 349 g/mol. The molecule has 24 heavy (non-hydrogen) atoms. The molecule has 132 valence electrons. The van der Waals surface area contributed by atoms with E-state index < -0.39 is 0 Å². The van der Waals surface area contributed by atoms with Gasteiger partial charge in [0.25, 0.3) is 0 Å². The van der Waals surface area contributed by atoms with E-state index in [0.29, 0.717) is 23.2 Å². The van der Waals surface area contributed by atoms with Gasteiger partial charge >= 0.3 is 0 Å². The summed E-state index contributed by atoms with van der Waals surface area (Å²) in [5.74, 6) is 0.387. The second-order valence-corrected chi connectivity index (χ2v) is 5.91. The number of nitrogens with two attached hydrogens (primary N) is 1. The first-order valence-corrected chi connectivity index (χ1v) is 8.20. The van der Waals surface area contributed by atoms with Crippen molar-refractivity contribution in [2.45, 2.75) is 38.6 Å². The number of hydrogen-bond acceptors (Lipinski definition) is 4. The number of hydrogen-bond donors (Lipinski definition) is 2. The molecule has 1 aromatic heterocycles. The molecular formula is C17H23Cl2N3O2. The molecule has 3 N–H and O–H groups in total. The molecule has 2 aromatic rings. The Morgan fingerprint density at radius 1 is 1.38 bits per heavy atom. The van der Waals surface area contributed by atoms with Crippen LogP contribution in [0.5, 0.6) is 0 Å². The molecule has 0 radical (unpaired) electrons. The molecule has 0 aliphatic carbocycles. The van der Waals surface area contributed by atoms with Crippen LogP contribution in [0.15, 0.2) is 34.9 Å². The van der Waals surface area contributed by atoms with Crippen LogP contribution in [0.25, 0.3) is 11.5 Å². The van der Waals surface area contributed by atoms with E-state index in [-0.39, 0.29) is 30.8 Å². The minimum atomic E-state index is -0.0903. The van der Waals surface area contributed by atoms with E-state index in [2.05, 4.69) is 17.2 Å². The summed E-state index contributed by atoms with van der Waals surface area (Å²) >= 11 is 5.86. The quantitative estimate of drug-likeness (QED) is 0.742. The standard InChI is InChI=1S/C17H22ClN3O2.ClH/c1-2-3-4-14(10-19)20-16(22)9-15-11-23-17(21-15)12-5-7-13(18)8-6-12;/h5-8,11,14H,2-4,9-10,19H2,1H3,(H,20,22);1H. The SMILES string of the molecule is CCCCC(CN)NC(=O)Cc1coc(-c2ccc(Cl)cc2)n1.Cl. The number of amides is 1. The Labute approximate surface area is 153 Å². The second kappa shape index (κ2) is 10.3. The molecule has 0 saturated heterocycles. The van der Waals surface area contributed by atoms with Crippen molar-refractivity contribution in [3.63, 3.8) is 0 Å². The van der Waals surface area contributed by atoms with Gasteiger partial charge in [-0.05, 0) is 30.7 Å². The number of nitrogens with one attached hydrogen (secondary N) is 1. The number of benzene rings is 1. The largest absolute Gasteiger partial charge is 0.444 e. The smallest absolute Gasteiger partial charge is 0.226 e. The van der Waals surface area contributed by atoms with E-state index in [1.165, 1.54) is 6.26 Å². The monoisotopic (exact) mass is 371 g/mol. The third-order valence-electron chi connectivity index (χ3n) is 3.54. The van der Waals surface area contributed by atoms with Crippen LogP contribution in [0, 0.1) is 0 Å². The third kappa shape index (κ3) is 6.15. The fraction of sp³-hybridized carbons (Fsp3) is 0.412. The summed E-state index contributed by atoms with van der Waals surface area (Å²) in [5, 5.41) is 3.60. The normalized spacial score (nSPS) is 11.6. The highest BCUT2D eigenvalue weighted by atomic mass is 35.5. The highest BCUT2D eigenvalue weighted by molar-refractivity contribution is 6.30. The minimum absolute atomic E-state index is 0. The predicted octanol–water partition coefficient (Wildman–Crippen LogP) is 3.59. The minimum Gasteiger partial charge on any atom is -0.444 e.